The second kappa shape index (κ2) is 31.5. The largest absolute Gasteiger partial charge is 0.481 e. The van der Waals surface area contributed by atoms with E-state index in [1.807, 2.05) is 0 Å². The highest BCUT2D eigenvalue weighted by Gasteiger charge is 2.14. The van der Waals surface area contributed by atoms with Gasteiger partial charge in [-0.3, -0.25) is 14.4 Å². The topological polar surface area (TPSA) is 80.7 Å². The Morgan fingerprint density at radius 2 is 0.805 bits per heavy atom. The Morgan fingerprint density at radius 3 is 1.22 bits per heavy atom. The molecule has 1 N–H and O–H groups in total. The molecular weight excluding hydrogens is 512 g/mol. The first-order valence-corrected chi connectivity index (χ1v) is 17.9. The van der Waals surface area contributed by atoms with Crippen LogP contribution in [-0.2, 0) is 19.1 Å². The van der Waals surface area contributed by atoms with Gasteiger partial charge in [-0.1, -0.05) is 129 Å². The highest BCUT2D eigenvalue weighted by molar-refractivity contribution is 5.78. The lowest BCUT2D eigenvalue weighted by Gasteiger charge is -2.18. The Bertz CT molecular complexity index is 587. The molecule has 0 amide bonds. The van der Waals surface area contributed by atoms with Gasteiger partial charge in [0.25, 0.3) is 0 Å². The molecule has 0 saturated carbocycles. The Morgan fingerprint density at radius 1 is 0.463 bits per heavy atom. The molecule has 0 saturated heterocycles. The quantitative estimate of drug-likeness (QED) is 0.0616. The van der Waals surface area contributed by atoms with Crippen molar-refractivity contribution in [2.24, 2.45) is 0 Å². The average Bonchev–Trinajstić information content (AvgIpc) is 2.94. The summed E-state index contributed by atoms with van der Waals surface area (Å²) in [6, 6.07) is 0. The van der Waals surface area contributed by atoms with E-state index < -0.39 is 5.97 Å². The predicted octanol–water partition coefficient (Wildman–Crippen LogP) is 11.3. The maximum atomic E-state index is 12.5. The lowest BCUT2D eigenvalue weighted by atomic mass is 10.0. The van der Waals surface area contributed by atoms with Crippen molar-refractivity contribution in [2.75, 3.05) is 0 Å². The number of aliphatic carboxylic acids is 1. The van der Waals surface area contributed by atoms with Crippen LogP contribution in [-0.4, -0.2) is 28.9 Å². The van der Waals surface area contributed by atoms with E-state index in [0.29, 0.717) is 25.0 Å². The standard InChI is InChI=1S/C36H68O5/c1-3-5-7-9-17-23-29-34(30-24-18-10-8-6-4-2)41-36(40)32-26-20-14-12-16-22-28-33(37)27-21-15-11-13-19-25-31-35(38)39/h34H,3-32H2,1-2H3,(H,38,39). The Kier molecular flexibility index (Phi) is 30.5. The summed E-state index contributed by atoms with van der Waals surface area (Å²) >= 11 is 0. The molecule has 0 heterocycles. The van der Waals surface area contributed by atoms with E-state index in [1.54, 1.807) is 0 Å². The third-order valence-corrected chi connectivity index (χ3v) is 8.24. The summed E-state index contributed by atoms with van der Waals surface area (Å²) < 4.78 is 5.95. The molecule has 0 atom stereocenters. The van der Waals surface area contributed by atoms with Crippen LogP contribution >= 0.6 is 0 Å². The number of carbonyl (C=O) groups excluding carboxylic acids is 2. The zero-order chi connectivity index (χ0) is 30.2. The number of ether oxygens (including phenoxy) is 1. The van der Waals surface area contributed by atoms with E-state index in [2.05, 4.69) is 13.8 Å². The number of Topliss-reactive ketones (excluding diaryl/α,β-unsaturated/α-hetero) is 1. The molecule has 5 nitrogen and oxygen atoms in total. The summed E-state index contributed by atoms with van der Waals surface area (Å²) in [5.74, 6) is -0.329. The molecule has 0 rings (SSSR count). The van der Waals surface area contributed by atoms with Gasteiger partial charge >= 0.3 is 11.9 Å². The number of carboxylic acids is 1. The zero-order valence-corrected chi connectivity index (χ0v) is 27.4. The zero-order valence-electron chi connectivity index (χ0n) is 27.4. The smallest absolute Gasteiger partial charge is 0.306 e. The summed E-state index contributed by atoms with van der Waals surface area (Å²) in [7, 11) is 0. The molecule has 41 heavy (non-hydrogen) atoms. The van der Waals surface area contributed by atoms with Gasteiger partial charge in [0.1, 0.15) is 11.9 Å². The van der Waals surface area contributed by atoms with Gasteiger partial charge in [-0.05, 0) is 51.4 Å². The van der Waals surface area contributed by atoms with Crippen molar-refractivity contribution in [3.63, 3.8) is 0 Å². The van der Waals surface area contributed by atoms with Crippen LogP contribution < -0.4 is 0 Å². The van der Waals surface area contributed by atoms with Gasteiger partial charge in [0, 0.05) is 25.7 Å². The van der Waals surface area contributed by atoms with Crippen LogP contribution in [0.4, 0.5) is 0 Å². The minimum atomic E-state index is -0.711. The van der Waals surface area contributed by atoms with Gasteiger partial charge in [-0.15, -0.1) is 0 Å². The van der Waals surface area contributed by atoms with Crippen LogP contribution in [0.1, 0.15) is 206 Å². The number of carboxylic acid groups (broad SMARTS) is 1. The highest BCUT2D eigenvalue weighted by atomic mass is 16.5. The fraction of sp³-hybridized carbons (Fsp3) is 0.917. The summed E-state index contributed by atoms with van der Waals surface area (Å²) in [5, 5.41) is 8.64. The molecule has 0 aliphatic rings. The molecular formula is C36H68O5. The van der Waals surface area contributed by atoms with Crippen molar-refractivity contribution in [3.8, 4) is 0 Å². The third kappa shape index (κ3) is 31.4. The SMILES string of the molecule is CCCCCCCCC(CCCCCCCC)OC(=O)CCCCCCCCC(=O)CCCCCCCCC(=O)O. The van der Waals surface area contributed by atoms with Crippen LogP contribution in [0.25, 0.3) is 0 Å². The number of esters is 1. The van der Waals surface area contributed by atoms with Crippen molar-refractivity contribution in [2.45, 2.75) is 213 Å². The summed E-state index contributed by atoms with van der Waals surface area (Å²) in [6.45, 7) is 4.50. The number of carbonyl (C=O) groups is 3. The van der Waals surface area contributed by atoms with Gasteiger partial charge in [0.15, 0.2) is 0 Å². The van der Waals surface area contributed by atoms with E-state index in [1.165, 1.54) is 77.0 Å². The second-order valence-corrected chi connectivity index (χ2v) is 12.4. The molecule has 5 heteroatoms. The normalized spacial score (nSPS) is 11.3. The fourth-order valence-corrected chi connectivity index (χ4v) is 5.54. The number of ketones is 1. The molecule has 0 aliphatic heterocycles. The minimum absolute atomic E-state index is 0.00202. The molecule has 0 radical (unpaired) electrons. The molecule has 0 aromatic heterocycles. The Balaban J connectivity index is 3.82. The van der Waals surface area contributed by atoms with E-state index in [-0.39, 0.29) is 18.5 Å². The van der Waals surface area contributed by atoms with E-state index in [0.717, 1.165) is 89.9 Å². The van der Waals surface area contributed by atoms with Gasteiger partial charge in [0.05, 0.1) is 0 Å². The number of hydrogen-bond donors (Lipinski definition) is 1. The lowest BCUT2D eigenvalue weighted by molar-refractivity contribution is -0.150. The summed E-state index contributed by atoms with van der Waals surface area (Å²) in [4.78, 5) is 35.1. The average molecular weight is 581 g/mol. The summed E-state index contributed by atoms with van der Waals surface area (Å²) in [5.41, 5.74) is 0. The molecule has 0 bridgehead atoms. The predicted molar refractivity (Wildman–Crippen MR) is 172 cm³/mol. The number of rotatable bonds is 33. The van der Waals surface area contributed by atoms with Crippen LogP contribution in [0.5, 0.6) is 0 Å². The molecule has 0 aromatic carbocycles. The Labute approximate surface area is 254 Å². The van der Waals surface area contributed by atoms with Crippen molar-refractivity contribution < 1.29 is 24.2 Å². The van der Waals surface area contributed by atoms with E-state index in [4.69, 9.17) is 9.84 Å². The van der Waals surface area contributed by atoms with Crippen molar-refractivity contribution in [1.82, 2.24) is 0 Å². The molecule has 0 aliphatic carbocycles. The number of hydrogen-bond acceptors (Lipinski definition) is 4. The van der Waals surface area contributed by atoms with E-state index >= 15 is 0 Å². The monoisotopic (exact) mass is 581 g/mol. The first-order valence-electron chi connectivity index (χ1n) is 17.9. The maximum absolute atomic E-state index is 12.5. The number of unbranched alkanes of at least 4 members (excludes halogenated alkanes) is 20. The summed E-state index contributed by atoms with van der Waals surface area (Å²) in [6.07, 6.45) is 32.0. The maximum Gasteiger partial charge on any atom is 0.306 e. The van der Waals surface area contributed by atoms with Crippen LogP contribution in [0.2, 0.25) is 0 Å². The van der Waals surface area contributed by atoms with Gasteiger partial charge in [-0.25, -0.2) is 0 Å². The molecule has 0 aromatic rings. The molecule has 0 unspecified atom stereocenters. The van der Waals surface area contributed by atoms with E-state index in [9.17, 15) is 14.4 Å². The van der Waals surface area contributed by atoms with Crippen molar-refractivity contribution >= 4 is 17.7 Å². The van der Waals surface area contributed by atoms with Crippen LogP contribution in [0, 0.1) is 0 Å². The van der Waals surface area contributed by atoms with Crippen molar-refractivity contribution in [1.29, 1.82) is 0 Å². The second-order valence-electron chi connectivity index (χ2n) is 12.4. The molecule has 242 valence electrons. The highest BCUT2D eigenvalue weighted by Crippen LogP contribution is 2.18. The van der Waals surface area contributed by atoms with Crippen LogP contribution in [0.15, 0.2) is 0 Å². The lowest BCUT2D eigenvalue weighted by Crippen LogP contribution is -2.18. The Hall–Kier alpha value is -1.39. The van der Waals surface area contributed by atoms with Crippen LogP contribution in [0.3, 0.4) is 0 Å². The molecule has 0 spiro atoms. The third-order valence-electron chi connectivity index (χ3n) is 8.24. The first-order chi connectivity index (χ1) is 20.0. The molecule has 0 fully saturated rings. The van der Waals surface area contributed by atoms with Gasteiger partial charge in [-0.2, -0.15) is 0 Å². The van der Waals surface area contributed by atoms with Crippen molar-refractivity contribution in [3.05, 3.63) is 0 Å². The van der Waals surface area contributed by atoms with Gasteiger partial charge < -0.3 is 9.84 Å². The van der Waals surface area contributed by atoms with Gasteiger partial charge in [0.2, 0.25) is 0 Å². The fourth-order valence-electron chi connectivity index (χ4n) is 5.54. The minimum Gasteiger partial charge on any atom is -0.481 e. The first kappa shape index (κ1) is 39.6.